The summed E-state index contributed by atoms with van der Waals surface area (Å²) in [7, 11) is 0. The zero-order valence-electron chi connectivity index (χ0n) is 16.8. The predicted molar refractivity (Wildman–Crippen MR) is 115 cm³/mol. The maximum atomic E-state index is 13.1. The van der Waals surface area contributed by atoms with Crippen LogP contribution in [0.1, 0.15) is 39.1 Å². The third-order valence-corrected chi connectivity index (χ3v) is 6.28. The molecule has 11 heteroatoms. The first kappa shape index (κ1) is 19.9. The molecule has 1 atom stereocenters. The molecule has 4 heterocycles. The van der Waals surface area contributed by atoms with E-state index in [9.17, 15) is 19.2 Å². The second-order valence-corrected chi connectivity index (χ2v) is 8.64. The van der Waals surface area contributed by atoms with Crippen molar-refractivity contribution in [2.24, 2.45) is 4.99 Å². The molecule has 1 aromatic heterocycles. The summed E-state index contributed by atoms with van der Waals surface area (Å²) in [6.07, 6.45) is 6.75. The number of imide groups is 1. The third kappa shape index (κ3) is 3.14. The number of nitrogens with zero attached hydrogens (tertiary/aromatic N) is 5. The molecule has 3 aliphatic heterocycles. The van der Waals surface area contributed by atoms with E-state index in [0.717, 1.165) is 16.2 Å². The lowest BCUT2D eigenvalue weighted by Crippen LogP contribution is -2.58. The molecule has 0 fully saturated rings. The number of nitrogens with one attached hydrogen (secondary N) is 1. The van der Waals surface area contributed by atoms with Crippen molar-refractivity contribution >= 4 is 45.9 Å². The molecule has 0 saturated heterocycles. The van der Waals surface area contributed by atoms with Crippen LogP contribution in [-0.2, 0) is 16.1 Å². The Morgan fingerprint density at radius 3 is 2.56 bits per heavy atom. The molecule has 0 radical (unpaired) electrons. The van der Waals surface area contributed by atoms with Crippen LogP contribution < -0.4 is 5.32 Å². The molecule has 3 aliphatic rings. The maximum absolute atomic E-state index is 13.1. The van der Waals surface area contributed by atoms with Gasteiger partial charge in [-0.3, -0.25) is 29.4 Å². The third-order valence-electron chi connectivity index (χ3n) is 5.45. The molecule has 2 aromatic rings. The van der Waals surface area contributed by atoms with E-state index in [0.29, 0.717) is 22.0 Å². The highest BCUT2D eigenvalue weighted by Gasteiger charge is 2.45. The summed E-state index contributed by atoms with van der Waals surface area (Å²) in [6, 6.07) is 6.61. The highest BCUT2D eigenvalue weighted by Crippen LogP contribution is 2.30. The molecule has 4 amide bonds. The summed E-state index contributed by atoms with van der Waals surface area (Å²) >= 11 is 1.06. The monoisotopic (exact) mass is 448 g/mol. The first-order valence-corrected chi connectivity index (χ1v) is 10.5. The second kappa shape index (κ2) is 7.31. The average molecular weight is 448 g/mol. The minimum absolute atomic E-state index is 0.0495. The number of fused-ring (bicyclic) bond motifs is 2. The summed E-state index contributed by atoms with van der Waals surface area (Å²) < 4.78 is 0. The number of rotatable bonds is 4. The normalized spacial score (nSPS) is 21.5. The number of hydrogen-bond donors (Lipinski definition) is 1. The van der Waals surface area contributed by atoms with Crippen LogP contribution in [0.2, 0.25) is 0 Å². The first-order chi connectivity index (χ1) is 15.4. The molecular formula is C21H16N6O4S. The number of amidine groups is 1. The van der Waals surface area contributed by atoms with Gasteiger partial charge in [0.25, 0.3) is 23.6 Å². The van der Waals surface area contributed by atoms with E-state index in [1.165, 1.54) is 0 Å². The summed E-state index contributed by atoms with van der Waals surface area (Å²) in [5.74, 6) is -1.23. The lowest BCUT2D eigenvalue weighted by molar-refractivity contribution is -0.130. The Morgan fingerprint density at radius 2 is 1.84 bits per heavy atom. The van der Waals surface area contributed by atoms with Crippen molar-refractivity contribution in [1.82, 2.24) is 20.0 Å². The molecular weight excluding hydrogens is 432 g/mol. The Kier molecular flexibility index (Phi) is 4.55. The minimum atomic E-state index is -1.19. The molecule has 0 aliphatic carbocycles. The molecule has 5 rings (SSSR count). The van der Waals surface area contributed by atoms with Crippen molar-refractivity contribution in [2.45, 2.75) is 25.4 Å². The fraction of sp³-hybridized carbons (Fsp3) is 0.190. The van der Waals surface area contributed by atoms with Gasteiger partial charge in [-0.15, -0.1) is 10.2 Å². The number of benzene rings is 1. The van der Waals surface area contributed by atoms with Gasteiger partial charge in [0.05, 0.1) is 24.1 Å². The minimum Gasteiger partial charge on any atom is -0.317 e. The fourth-order valence-electron chi connectivity index (χ4n) is 3.80. The van der Waals surface area contributed by atoms with Crippen LogP contribution in [0.3, 0.4) is 0 Å². The van der Waals surface area contributed by atoms with Crippen molar-refractivity contribution in [3.05, 3.63) is 64.8 Å². The number of carbonyl (C=O) groups is 4. The Bertz CT molecular complexity index is 1240. The van der Waals surface area contributed by atoms with E-state index in [4.69, 9.17) is 0 Å². The van der Waals surface area contributed by atoms with Gasteiger partial charge in [0.1, 0.15) is 16.4 Å². The molecule has 0 spiro atoms. The van der Waals surface area contributed by atoms with Gasteiger partial charge < -0.3 is 4.90 Å². The molecule has 1 N–H and O–H groups in total. The summed E-state index contributed by atoms with van der Waals surface area (Å²) in [6.45, 7) is 1.60. The highest BCUT2D eigenvalue weighted by molar-refractivity contribution is 7.15. The van der Waals surface area contributed by atoms with E-state index < -0.39 is 29.2 Å². The van der Waals surface area contributed by atoms with Crippen molar-refractivity contribution in [3.63, 3.8) is 0 Å². The number of carbonyl (C=O) groups excluding carboxylic acids is 4. The lowest BCUT2D eigenvalue weighted by atomic mass is 9.91. The molecule has 160 valence electrons. The van der Waals surface area contributed by atoms with E-state index in [1.807, 2.05) is 0 Å². The van der Waals surface area contributed by atoms with Gasteiger partial charge in [0.2, 0.25) is 5.13 Å². The van der Waals surface area contributed by atoms with Crippen LogP contribution in [0.15, 0.2) is 53.7 Å². The standard InChI is InChI=1S/C21H16N6O4S/c1-21(10-15(28)22-14-8-4-5-9-27(14)21)19(31)23-20-25-24-16(32-20)11-26-17(29)12-6-2-3-7-13(12)18(26)30/h2-9H,10-11H2,1H3,(H,23,25,31). The van der Waals surface area contributed by atoms with Crippen molar-refractivity contribution < 1.29 is 19.2 Å². The maximum Gasteiger partial charge on any atom is 0.261 e. The van der Waals surface area contributed by atoms with Crippen LogP contribution in [0.5, 0.6) is 0 Å². The van der Waals surface area contributed by atoms with Gasteiger partial charge in [-0.1, -0.05) is 29.5 Å². The van der Waals surface area contributed by atoms with Crippen LogP contribution in [0.25, 0.3) is 0 Å². The fourth-order valence-corrected chi connectivity index (χ4v) is 4.52. The van der Waals surface area contributed by atoms with Gasteiger partial charge >= 0.3 is 0 Å². The van der Waals surface area contributed by atoms with Crippen molar-refractivity contribution in [1.29, 1.82) is 0 Å². The van der Waals surface area contributed by atoms with Crippen LogP contribution in [-0.4, -0.2) is 55.0 Å². The average Bonchev–Trinajstić information content (AvgIpc) is 3.32. The predicted octanol–water partition coefficient (Wildman–Crippen LogP) is 1.75. The van der Waals surface area contributed by atoms with Gasteiger partial charge in [-0.25, -0.2) is 0 Å². The zero-order chi connectivity index (χ0) is 22.5. The summed E-state index contributed by atoms with van der Waals surface area (Å²) in [5, 5.41) is 11.3. The molecule has 1 unspecified atom stereocenters. The SMILES string of the molecule is CC1(C(=O)Nc2nnc(CN3C(=O)c4ccccc4C3=O)s2)CC(=O)N=C2C=CC=CN21. The number of hydrogen-bond acceptors (Lipinski definition) is 8. The molecule has 1 aromatic carbocycles. The number of aliphatic imine (C=N–C) groups is 1. The van der Waals surface area contributed by atoms with Crippen LogP contribution >= 0.6 is 11.3 Å². The largest absolute Gasteiger partial charge is 0.317 e. The molecule has 32 heavy (non-hydrogen) atoms. The Hall–Kier alpha value is -3.99. The first-order valence-electron chi connectivity index (χ1n) is 9.71. The number of anilines is 1. The van der Waals surface area contributed by atoms with Crippen LogP contribution in [0.4, 0.5) is 5.13 Å². The van der Waals surface area contributed by atoms with Gasteiger partial charge in [0.15, 0.2) is 0 Å². The number of aromatic nitrogens is 2. The number of allylic oxidation sites excluding steroid dienone is 2. The highest BCUT2D eigenvalue weighted by atomic mass is 32.1. The van der Waals surface area contributed by atoms with Crippen LogP contribution in [0, 0.1) is 0 Å². The van der Waals surface area contributed by atoms with Gasteiger partial charge in [-0.2, -0.15) is 4.99 Å². The van der Waals surface area contributed by atoms with Crippen molar-refractivity contribution in [3.8, 4) is 0 Å². The van der Waals surface area contributed by atoms with Gasteiger partial charge in [0, 0.05) is 6.20 Å². The van der Waals surface area contributed by atoms with E-state index in [-0.39, 0.29) is 18.1 Å². The smallest absolute Gasteiger partial charge is 0.261 e. The quantitative estimate of drug-likeness (QED) is 0.707. The van der Waals surface area contributed by atoms with Gasteiger partial charge in [-0.05, 0) is 31.2 Å². The summed E-state index contributed by atoms with van der Waals surface area (Å²) in [4.78, 5) is 57.0. The Labute approximate surface area is 185 Å². The summed E-state index contributed by atoms with van der Waals surface area (Å²) in [5.41, 5.74) is -0.484. The topological polar surface area (TPSA) is 125 Å². The molecule has 10 nitrogen and oxygen atoms in total. The molecule has 0 saturated carbocycles. The lowest BCUT2D eigenvalue weighted by Gasteiger charge is -2.41. The molecule has 0 bridgehead atoms. The van der Waals surface area contributed by atoms with E-state index in [1.54, 1.807) is 60.5 Å². The number of amides is 4. The Morgan fingerprint density at radius 1 is 1.12 bits per heavy atom. The van der Waals surface area contributed by atoms with Crippen molar-refractivity contribution in [2.75, 3.05) is 5.32 Å². The zero-order valence-corrected chi connectivity index (χ0v) is 17.6. The van der Waals surface area contributed by atoms with E-state index in [2.05, 4.69) is 20.5 Å². The Balaban J connectivity index is 1.31. The van der Waals surface area contributed by atoms with E-state index >= 15 is 0 Å². The second-order valence-electron chi connectivity index (χ2n) is 7.58.